The molecule has 120 valence electrons. The minimum absolute atomic E-state index is 0.119. The van der Waals surface area contributed by atoms with E-state index in [0.717, 1.165) is 30.8 Å². The van der Waals surface area contributed by atoms with Crippen LogP contribution in [-0.4, -0.2) is 32.1 Å². The molecule has 1 unspecified atom stereocenters. The predicted molar refractivity (Wildman–Crippen MR) is 91.9 cm³/mol. The zero-order valence-corrected chi connectivity index (χ0v) is 13.4. The van der Waals surface area contributed by atoms with Crippen LogP contribution in [0.3, 0.4) is 0 Å². The molecule has 2 aromatic rings. The van der Waals surface area contributed by atoms with Crippen molar-refractivity contribution in [3.05, 3.63) is 60.2 Å². The molecule has 0 aliphatic carbocycles. The first-order valence-electron chi connectivity index (χ1n) is 8.00. The molecule has 2 aromatic carbocycles. The summed E-state index contributed by atoms with van der Waals surface area (Å²) < 4.78 is 5.18. The molecule has 4 nitrogen and oxygen atoms in total. The van der Waals surface area contributed by atoms with Gasteiger partial charge in [-0.2, -0.15) is 0 Å². The molecule has 1 heterocycles. The molecule has 1 aliphatic rings. The number of piperazine rings is 1. The molecule has 23 heavy (non-hydrogen) atoms. The van der Waals surface area contributed by atoms with E-state index in [4.69, 9.17) is 4.74 Å². The summed E-state index contributed by atoms with van der Waals surface area (Å²) in [6.07, 6.45) is 1.72. The predicted octanol–water partition coefficient (Wildman–Crippen LogP) is 2.63. The maximum Gasteiger partial charge on any atom is 0.244 e. The highest BCUT2D eigenvalue weighted by atomic mass is 16.5. The zero-order valence-electron chi connectivity index (χ0n) is 13.4. The number of hydrogen-bond acceptors (Lipinski definition) is 3. The van der Waals surface area contributed by atoms with Gasteiger partial charge in [-0.05, 0) is 42.7 Å². The Kier molecular flexibility index (Phi) is 4.93. The number of anilines is 1. The van der Waals surface area contributed by atoms with E-state index in [1.807, 2.05) is 47.4 Å². The van der Waals surface area contributed by atoms with Crippen molar-refractivity contribution in [1.82, 2.24) is 5.32 Å². The molecule has 1 aliphatic heterocycles. The van der Waals surface area contributed by atoms with E-state index < -0.39 is 0 Å². The van der Waals surface area contributed by atoms with E-state index in [0.29, 0.717) is 6.54 Å². The van der Waals surface area contributed by atoms with Crippen LogP contribution in [0.1, 0.15) is 12.0 Å². The molecule has 0 bridgehead atoms. The lowest BCUT2D eigenvalue weighted by Gasteiger charge is -2.33. The Morgan fingerprint density at radius 1 is 1.13 bits per heavy atom. The van der Waals surface area contributed by atoms with Crippen molar-refractivity contribution in [2.24, 2.45) is 0 Å². The highest BCUT2D eigenvalue weighted by Gasteiger charge is 2.28. The Morgan fingerprint density at radius 2 is 1.87 bits per heavy atom. The minimum atomic E-state index is -0.119. The van der Waals surface area contributed by atoms with E-state index in [1.54, 1.807) is 7.11 Å². The molecule has 3 rings (SSSR count). The van der Waals surface area contributed by atoms with E-state index in [-0.39, 0.29) is 11.9 Å². The first-order chi connectivity index (χ1) is 11.3. The number of nitrogens with one attached hydrogen (secondary N) is 1. The quantitative estimate of drug-likeness (QED) is 0.923. The Balaban J connectivity index is 1.65. The lowest BCUT2D eigenvalue weighted by atomic mass is 10.0. The van der Waals surface area contributed by atoms with Crippen LogP contribution in [0.25, 0.3) is 0 Å². The molecule has 1 amide bonds. The van der Waals surface area contributed by atoms with Gasteiger partial charge in [0, 0.05) is 18.8 Å². The summed E-state index contributed by atoms with van der Waals surface area (Å²) in [5, 5.41) is 3.35. The first kappa shape index (κ1) is 15.6. The van der Waals surface area contributed by atoms with Gasteiger partial charge in [0.25, 0.3) is 0 Å². The summed E-state index contributed by atoms with van der Waals surface area (Å²) in [5.41, 5.74) is 2.20. The smallest absolute Gasteiger partial charge is 0.244 e. The standard InChI is InChI=1S/C19H22N2O2/c1-23-17-10-8-16(9-11-17)21-14-13-20-18(19(21)22)12-7-15-5-3-2-4-6-15/h2-6,8-11,18,20H,7,12-14H2,1H3. The van der Waals surface area contributed by atoms with Crippen LogP contribution < -0.4 is 15.0 Å². The second kappa shape index (κ2) is 7.29. The van der Waals surface area contributed by atoms with Crippen LogP contribution in [0.15, 0.2) is 54.6 Å². The van der Waals surface area contributed by atoms with Crippen LogP contribution in [0.5, 0.6) is 5.75 Å². The first-order valence-corrected chi connectivity index (χ1v) is 8.00. The average molecular weight is 310 g/mol. The summed E-state index contributed by atoms with van der Waals surface area (Å²) in [4.78, 5) is 14.6. The number of ether oxygens (including phenoxy) is 1. The lowest BCUT2D eigenvalue weighted by molar-refractivity contribution is -0.121. The molecule has 0 spiro atoms. The number of rotatable bonds is 5. The molecule has 1 N–H and O–H groups in total. The largest absolute Gasteiger partial charge is 0.497 e. The fourth-order valence-corrected chi connectivity index (χ4v) is 2.94. The topological polar surface area (TPSA) is 41.6 Å². The summed E-state index contributed by atoms with van der Waals surface area (Å²) >= 11 is 0. The molecular formula is C19H22N2O2. The minimum Gasteiger partial charge on any atom is -0.497 e. The molecule has 0 aromatic heterocycles. The monoisotopic (exact) mass is 310 g/mol. The Morgan fingerprint density at radius 3 is 2.57 bits per heavy atom. The van der Waals surface area contributed by atoms with Crippen LogP contribution in [-0.2, 0) is 11.2 Å². The number of aryl methyl sites for hydroxylation is 1. The molecular weight excluding hydrogens is 288 g/mol. The third kappa shape index (κ3) is 3.71. The van der Waals surface area contributed by atoms with Crippen LogP contribution in [0, 0.1) is 0 Å². The van der Waals surface area contributed by atoms with Gasteiger partial charge in [-0.3, -0.25) is 4.79 Å². The average Bonchev–Trinajstić information content (AvgIpc) is 2.62. The van der Waals surface area contributed by atoms with E-state index in [1.165, 1.54) is 5.56 Å². The molecule has 1 fully saturated rings. The van der Waals surface area contributed by atoms with Crippen molar-refractivity contribution in [3.63, 3.8) is 0 Å². The highest BCUT2D eigenvalue weighted by Crippen LogP contribution is 2.22. The van der Waals surface area contributed by atoms with Crippen molar-refractivity contribution in [1.29, 1.82) is 0 Å². The van der Waals surface area contributed by atoms with Crippen molar-refractivity contribution in [2.45, 2.75) is 18.9 Å². The number of carbonyl (C=O) groups is 1. The fraction of sp³-hybridized carbons (Fsp3) is 0.316. The zero-order chi connectivity index (χ0) is 16.1. The number of methoxy groups -OCH3 is 1. The van der Waals surface area contributed by atoms with Crippen LogP contribution >= 0.6 is 0 Å². The van der Waals surface area contributed by atoms with Gasteiger partial charge >= 0.3 is 0 Å². The fourth-order valence-electron chi connectivity index (χ4n) is 2.94. The van der Waals surface area contributed by atoms with Gasteiger partial charge in [-0.15, -0.1) is 0 Å². The van der Waals surface area contributed by atoms with E-state index in [9.17, 15) is 4.79 Å². The maximum atomic E-state index is 12.7. The van der Waals surface area contributed by atoms with E-state index in [2.05, 4.69) is 17.4 Å². The second-order valence-electron chi connectivity index (χ2n) is 5.72. The van der Waals surface area contributed by atoms with E-state index >= 15 is 0 Å². The van der Waals surface area contributed by atoms with Gasteiger partial charge in [0.2, 0.25) is 5.91 Å². The summed E-state index contributed by atoms with van der Waals surface area (Å²) in [6, 6.07) is 17.8. The Hall–Kier alpha value is -2.33. The van der Waals surface area contributed by atoms with Gasteiger partial charge in [0.1, 0.15) is 5.75 Å². The summed E-state index contributed by atoms with van der Waals surface area (Å²) in [5.74, 6) is 0.953. The van der Waals surface area contributed by atoms with Crippen LogP contribution in [0.2, 0.25) is 0 Å². The normalized spacial score (nSPS) is 18.0. The van der Waals surface area contributed by atoms with Crippen molar-refractivity contribution in [2.75, 3.05) is 25.1 Å². The maximum absolute atomic E-state index is 12.7. The SMILES string of the molecule is COc1ccc(N2CCNC(CCc3ccccc3)C2=O)cc1. The molecule has 1 saturated heterocycles. The number of benzene rings is 2. The highest BCUT2D eigenvalue weighted by molar-refractivity contribution is 5.98. The summed E-state index contributed by atoms with van der Waals surface area (Å²) in [7, 11) is 1.64. The number of hydrogen-bond donors (Lipinski definition) is 1. The molecule has 0 radical (unpaired) electrons. The van der Waals surface area contributed by atoms with Crippen molar-refractivity contribution < 1.29 is 9.53 Å². The van der Waals surface area contributed by atoms with Gasteiger partial charge in [0.05, 0.1) is 13.2 Å². The number of nitrogens with zero attached hydrogens (tertiary/aromatic N) is 1. The van der Waals surface area contributed by atoms with Gasteiger partial charge in [0.15, 0.2) is 0 Å². The van der Waals surface area contributed by atoms with Crippen LogP contribution in [0.4, 0.5) is 5.69 Å². The van der Waals surface area contributed by atoms with Crippen molar-refractivity contribution in [3.8, 4) is 5.75 Å². The lowest BCUT2D eigenvalue weighted by Crippen LogP contribution is -2.55. The second-order valence-corrected chi connectivity index (χ2v) is 5.72. The number of amides is 1. The van der Waals surface area contributed by atoms with Gasteiger partial charge in [-0.25, -0.2) is 0 Å². The molecule has 0 saturated carbocycles. The molecule has 4 heteroatoms. The summed E-state index contributed by atoms with van der Waals surface area (Å²) in [6.45, 7) is 1.52. The Labute approximate surface area is 137 Å². The third-order valence-corrected chi connectivity index (χ3v) is 4.24. The third-order valence-electron chi connectivity index (χ3n) is 4.24. The number of carbonyl (C=O) groups excluding carboxylic acids is 1. The van der Waals surface area contributed by atoms with Crippen molar-refractivity contribution >= 4 is 11.6 Å². The molecule has 1 atom stereocenters. The van der Waals surface area contributed by atoms with Gasteiger partial charge in [-0.1, -0.05) is 30.3 Å². The Bertz CT molecular complexity index is 640. The van der Waals surface area contributed by atoms with Gasteiger partial charge < -0.3 is 15.0 Å².